The number of halogens is 2. The number of nitrogens with zero attached hydrogens (tertiary/aromatic N) is 1. The van der Waals surface area contributed by atoms with E-state index in [1.54, 1.807) is 6.92 Å². The Morgan fingerprint density at radius 3 is 2.62 bits per heavy atom. The second-order valence-corrected chi connectivity index (χ2v) is 5.48. The normalized spacial score (nSPS) is 18.0. The first-order valence-electron chi connectivity index (χ1n) is 7.50. The molecular weight excluding hydrogens is 274 g/mol. The Hall–Kier alpha value is -1.33. The van der Waals surface area contributed by atoms with Gasteiger partial charge in [-0.25, -0.2) is 8.78 Å². The fraction of sp³-hybridized carbons (Fsp3) is 0.562. The molecule has 1 unspecified atom stereocenters. The smallest absolute Gasteiger partial charge is 0.182 e. The van der Waals surface area contributed by atoms with Crippen molar-refractivity contribution in [3.8, 4) is 0 Å². The Bertz CT molecular complexity index is 501. The number of carbonyl (C=O) groups is 1. The minimum absolute atomic E-state index is 0.0312. The lowest BCUT2D eigenvalue weighted by Gasteiger charge is -2.37. The standard InChI is InChI=1S/C16H22F2N2O/c1-3-20(13-6-8-19-9-7-13)11(2)16(21)14-5-4-12(17)10-15(14)18/h4-5,10-11,13,19H,3,6-9H2,1-2H3. The summed E-state index contributed by atoms with van der Waals surface area (Å²) in [6, 6.07) is 3.06. The maximum Gasteiger partial charge on any atom is 0.182 e. The zero-order chi connectivity index (χ0) is 15.4. The topological polar surface area (TPSA) is 32.3 Å². The zero-order valence-electron chi connectivity index (χ0n) is 12.5. The van der Waals surface area contributed by atoms with Crippen LogP contribution in [0.15, 0.2) is 18.2 Å². The molecule has 1 aliphatic heterocycles. The molecule has 3 nitrogen and oxygen atoms in total. The zero-order valence-corrected chi connectivity index (χ0v) is 12.5. The number of nitrogens with one attached hydrogen (secondary N) is 1. The van der Waals surface area contributed by atoms with Gasteiger partial charge in [0.25, 0.3) is 0 Å². The molecule has 21 heavy (non-hydrogen) atoms. The van der Waals surface area contributed by atoms with Gasteiger partial charge in [-0.2, -0.15) is 0 Å². The molecule has 0 radical (unpaired) electrons. The molecule has 2 rings (SSSR count). The molecule has 116 valence electrons. The van der Waals surface area contributed by atoms with Crippen LogP contribution in [0.4, 0.5) is 8.78 Å². The minimum Gasteiger partial charge on any atom is -0.317 e. The predicted octanol–water partition coefficient (Wildman–Crippen LogP) is 2.61. The third-order valence-corrected chi connectivity index (χ3v) is 4.22. The number of ketones is 1. The van der Waals surface area contributed by atoms with Crippen LogP contribution in [0, 0.1) is 11.6 Å². The number of piperidine rings is 1. The molecule has 0 aliphatic carbocycles. The number of carbonyl (C=O) groups excluding carboxylic acids is 1. The van der Waals surface area contributed by atoms with Crippen molar-refractivity contribution in [2.45, 2.75) is 38.8 Å². The van der Waals surface area contributed by atoms with E-state index in [4.69, 9.17) is 0 Å². The highest BCUT2D eigenvalue weighted by Gasteiger charge is 2.29. The van der Waals surface area contributed by atoms with Crippen molar-refractivity contribution in [3.63, 3.8) is 0 Å². The van der Waals surface area contributed by atoms with E-state index >= 15 is 0 Å². The highest BCUT2D eigenvalue weighted by atomic mass is 19.1. The molecule has 0 saturated carbocycles. The lowest BCUT2D eigenvalue weighted by Crippen LogP contribution is -2.49. The number of hydrogen-bond donors (Lipinski definition) is 1. The lowest BCUT2D eigenvalue weighted by atomic mass is 9.98. The Morgan fingerprint density at radius 2 is 2.05 bits per heavy atom. The van der Waals surface area contributed by atoms with Crippen molar-refractivity contribution in [2.24, 2.45) is 0 Å². The fourth-order valence-corrected chi connectivity index (χ4v) is 3.05. The van der Waals surface area contributed by atoms with E-state index in [1.807, 2.05) is 6.92 Å². The first kappa shape index (κ1) is 16.0. The second-order valence-electron chi connectivity index (χ2n) is 5.48. The second kappa shape index (κ2) is 7.09. The van der Waals surface area contributed by atoms with Gasteiger partial charge in [0, 0.05) is 12.1 Å². The van der Waals surface area contributed by atoms with Crippen molar-refractivity contribution >= 4 is 5.78 Å². The van der Waals surface area contributed by atoms with Gasteiger partial charge in [-0.1, -0.05) is 6.92 Å². The summed E-state index contributed by atoms with van der Waals surface area (Å²) in [5.41, 5.74) is -0.0312. The van der Waals surface area contributed by atoms with Gasteiger partial charge in [-0.3, -0.25) is 9.69 Å². The van der Waals surface area contributed by atoms with E-state index in [2.05, 4.69) is 10.2 Å². The third-order valence-electron chi connectivity index (χ3n) is 4.22. The molecule has 0 bridgehead atoms. The largest absolute Gasteiger partial charge is 0.317 e. The van der Waals surface area contributed by atoms with Crippen molar-refractivity contribution < 1.29 is 13.6 Å². The van der Waals surface area contributed by atoms with Gasteiger partial charge in [-0.15, -0.1) is 0 Å². The average Bonchev–Trinajstić information content (AvgIpc) is 2.48. The van der Waals surface area contributed by atoms with E-state index in [0.29, 0.717) is 6.04 Å². The van der Waals surface area contributed by atoms with Crippen LogP contribution in [0.2, 0.25) is 0 Å². The summed E-state index contributed by atoms with van der Waals surface area (Å²) in [5.74, 6) is -1.73. The molecule has 5 heteroatoms. The number of benzene rings is 1. The quantitative estimate of drug-likeness (QED) is 0.848. The molecule has 1 fully saturated rings. The fourth-order valence-electron chi connectivity index (χ4n) is 3.05. The SMILES string of the molecule is CCN(C1CCNCC1)C(C)C(=O)c1ccc(F)cc1F. The molecule has 0 aromatic heterocycles. The average molecular weight is 296 g/mol. The molecule has 0 amide bonds. The van der Waals surface area contributed by atoms with E-state index in [0.717, 1.165) is 44.6 Å². The third kappa shape index (κ3) is 3.66. The van der Waals surface area contributed by atoms with Gasteiger partial charge >= 0.3 is 0 Å². The van der Waals surface area contributed by atoms with E-state index in [9.17, 15) is 13.6 Å². The Balaban J connectivity index is 2.15. The summed E-state index contributed by atoms with van der Waals surface area (Å²) in [6.45, 7) is 6.42. The summed E-state index contributed by atoms with van der Waals surface area (Å²) in [7, 11) is 0. The van der Waals surface area contributed by atoms with Crippen LogP contribution in [-0.2, 0) is 0 Å². The van der Waals surface area contributed by atoms with Crippen LogP contribution in [0.1, 0.15) is 37.0 Å². The summed E-state index contributed by atoms with van der Waals surface area (Å²) in [5, 5.41) is 3.30. The van der Waals surface area contributed by atoms with Crippen molar-refractivity contribution in [1.82, 2.24) is 10.2 Å². The molecular formula is C16H22F2N2O. The van der Waals surface area contributed by atoms with Crippen LogP contribution in [-0.4, -0.2) is 42.4 Å². The first-order valence-corrected chi connectivity index (χ1v) is 7.50. The highest BCUT2D eigenvalue weighted by Crippen LogP contribution is 2.19. The molecule has 1 heterocycles. The van der Waals surface area contributed by atoms with Gasteiger partial charge < -0.3 is 5.32 Å². The molecule has 1 aromatic rings. The van der Waals surface area contributed by atoms with E-state index in [1.165, 1.54) is 6.07 Å². The number of Topliss-reactive ketones (excluding diaryl/α,β-unsaturated/α-hetero) is 1. The maximum atomic E-state index is 13.8. The summed E-state index contributed by atoms with van der Waals surface area (Å²) in [6.07, 6.45) is 1.97. The van der Waals surface area contributed by atoms with Crippen LogP contribution in [0.25, 0.3) is 0 Å². The molecule has 1 aliphatic rings. The summed E-state index contributed by atoms with van der Waals surface area (Å²) >= 11 is 0. The molecule has 1 saturated heterocycles. The van der Waals surface area contributed by atoms with Gasteiger partial charge in [0.15, 0.2) is 5.78 Å². The first-order chi connectivity index (χ1) is 10.0. The molecule has 1 N–H and O–H groups in total. The molecule has 0 spiro atoms. The van der Waals surface area contributed by atoms with Gasteiger partial charge in [0.1, 0.15) is 11.6 Å². The summed E-state index contributed by atoms with van der Waals surface area (Å²) < 4.78 is 26.7. The summed E-state index contributed by atoms with van der Waals surface area (Å²) in [4.78, 5) is 14.6. The van der Waals surface area contributed by atoms with Gasteiger partial charge in [0.2, 0.25) is 0 Å². The van der Waals surface area contributed by atoms with Gasteiger partial charge in [0.05, 0.1) is 11.6 Å². The maximum absolute atomic E-state index is 13.8. The molecule has 1 atom stereocenters. The van der Waals surface area contributed by atoms with Crippen molar-refractivity contribution in [2.75, 3.05) is 19.6 Å². The lowest BCUT2D eigenvalue weighted by molar-refractivity contribution is 0.0724. The van der Waals surface area contributed by atoms with E-state index in [-0.39, 0.29) is 11.3 Å². The Morgan fingerprint density at radius 1 is 1.38 bits per heavy atom. The van der Waals surface area contributed by atoms with Crippen molar-refractivity contribution in [3.05, 3.63) is 35.4 Å². The Kier molecular flexibility index (Phi) is 5.42. The van der Waals surface area contributed by atoms with Crippen molar-refractivity contribution in [1.29, 1.82) is 0 Å². The minimum atomic E-state index is -0.784. The Labute approximate surface area is 124 Å². The van der Waals surface area contributed by atoms with Crippen LogP contribution in [0.3, 0.4) is 0 Å². The number of rotatable bonds is 5. The monoisotopic (exact) mass is 296 g/mol. The van der Waals surface area contributed by atoms with Crippen LogP contribution in [0.5, 0.6) is 0 Å². The number of hydrogen-bond acceptors (Lipinski definition) is 3. The van der Waals surface area contributed by atoms with Crippen LogP contribution >= 0.6 is 0 Å². The molecule has 1 aromatic carbocycles. The van der Waals surface area contributed by atoms with Crippen LogP contribution < -0.4 is 5.32 Å². The van der Waals surface area contributed by atoms with Gasteiger partial charge in [-0.05, 0) is 51.5 Å². The predicted molar refractivity (Wildman–Crippen MR) is 78.4 cm³/mol. The number of likely N-dealkylation sites (N-methyl/N-ethyl adjacent to an activating group) is 1. The van der Waals surface area contributed by atoms with E-state index < -0.39 is 17.7 Å². The highest BCUT2D eigenvalue weighted by molar-refractivity contribution is 6.00.